The molecule has 0 saturated carbocycles. The second-order valence-corrected chi connectivity index (χ2v) is 5.56. The van der Waals surface area contributed by atoms with E-state index in [4.69, 9.17) is 9.47 Å². The van der Waals surface area contributed by atoms with Crippen LogP contribution in [-0.4, -0.2) is 12.7 Å². The fourth-order valence-corrected chi connectivity index (χ4v) is 2.35. The minimum atomic E-state index is 0.198. The van der Waals surface area contributed by atoms with Gasteiger partial charge in [-0.1, -0.05) is 58.4 Å². The van der Waals surface area contributed by atoms with Crippen LogP contribution in [0.1, 0.15) is 17.2 Å². The first-order valence-electron chi connectivity index (χ1n) is 6.35. The van der Waals surface area contributed by atoms with Crippen LogP contribution in [0.25, 0.3) is 0 Å². The summed E-state index contributed by atoms with van der Waals surface area (Å²) in [6, 6.07) is 18.5. The van der Waals surface area contributed by atoms with Crippen molar-refractivity contribution in [2.24, 2.45) is 0 Å². The number of ether oxygens (including phenoxy) is 2. The van der Waals surface area contributed by atoms with Gasteiger partial charge in [-0.15, -0.1) is 0 Å². The minimum Gasteiger partial charge on any atom is -0.374 e. The first-order valence-corrected chi connectivity index (χ1v) is 7.15. The predicted octanol–water partition coefficient (Wildman–Crippen LogP) is 4.11. The standard InChI is InChI=1S/C16H15BrO2/c17-14-8-6-13(7-9-14)16-15(19-16)11-18-10-12-4-2-1-3-5-12/h1-9,15-16H,10-11H2/t15-,16+/m0/s1. The van der Waals surface area contributed by atoms with E-state index in [2.05, 4.69) is 40.2 Å². The van der Waals surface area contributed by atoms with Crippen LogP contribution in [0.5, 0.6) is 0 Å². The molecule has 2 aromatic carbocycles. The molecule has 0 aromatic heterocycles. The Morgan fingerprint density at radius 1 is 1.00 bits per heavy atom. The smallest absolute Gasteiger partial charge is 0.112 e. The van der Waals surface area contributed by atoms with Crippen LogP contribution in [0.3, 0.4) is 0 Å². The molecule has 0 aliphatic carbocycles. The molecule has 1 fully saturated rings. The van der Waals surface area contributed by atoms with Gasteiger partial charge in [0, 0.05) is 4.47 Å². The van der Waals surface area contributed by atoms with Crippen LogP contribution in [0.4, 0.5) is 0 Å². The Labute approximate surface area is 121 Å². The van der Waals surface area contributed by atoms with Crippen molar-refractivity contribution < 1.29 is 9.47 Å². The number of hydrogen-bond donors (Lipinski definition) is 0. The zero-order chi connectivity index (χ0) is 13.1. The van der Waals surface area contributed by atoms with E-state index in [1.807, 2.05) is 30.3 Å². The van der Waals surface area contributed by atoms with Gasteiger partial charge >= 0.3 is 0 Å². The van der Waals surface area contributed by atoms with Gasteiger partial charge in [0.1, 0.15) is 12.2 Å². The quantitative estimate of drug-likeness (QED) is 0.774. The largest absolute Gasteiger partial charge is 0.374 e. The van der Waals surface area contributed by atoms with Gasteiger partial charge in [-0.25, -0.2) is 0 Å². The summed E-state index contributed by atoms with van der Waals surface area (Å²) in [6.45, 7) is 1.30. The highest BCUT2D eigenvalue weighted by Crippen LogP contribution is 2.39. The highest BCUT2D eigenvalue weighted by atomic mass is 79.9. The fourth-order valence-electron chi connectivity index (χ4n) is 2.08. The molecular formula is C16H15BrO2. The topological polar surface area (TPSA) is 21.8 Å². The molecule has 2 aromatic rings. The maximum atomic E-state index is 5.68. The van der Waals surface area contributed by atoms with Crippen LogP contribution >= 0.6 is 15.9 Å². The van der Waals surface area contributed by atoms with Gasteiger partial charge in [-0.2, -0.15) is 0 Å². The molecule has 3 rings (SSSR count). The van der Waals surface area contributed by atoms with Gasteiger partial charge in [0.2, 0.25) is 0 Å². The van der Waals surface area contributed by atoms with E-state index in [1.54, 1.807) is 0 Å². The maximum absolute atomic E-state index is 5.68. The molecule has 1 aliphatic heterocycles. The summed E-state index contributed by atoms with van der Waals surface area (Å²) in [5, 5.41) is 0. The van der Waals surface area contributed by atoms with E-state index in [0.717, 1.165) is 4.47 Å². The van der Waals surface area contributed by atoms with Crippen molar-refractivity contribution in [3.63, 3.8) is 0 Å². The molecular weight excluding hydrogens is 304 g/mol. The van der Waals surface area contributed by atoms with Crippen molar-refractivity contribution in [2.45, 2.75) is 18.8 Å². The summed E-state index contributed by atoms with van der Waals surface area (Å²) in [6.07, 6.45) is 0.397. The molecule has 0 radical (unpaired) electrons. The fraction of sp³-hybridized carbons (Fsp3) is 0.250. The Balaban J connectivity index is 1.45. The highest BCUT2D eigenvalue weighted by Gasteiger charge is 2.40. The maximum Gasteiger partial charge on any atom is 0.112 e. The van der Waals surface area contributed by atoms with Gasteiger partial charge in [0.05, 0.1) is 13.2 Å². The number of hydrogen-bond acceptors (Lipinski definition) is 2. The molecule has 98 valence electrons. The highest BCUT2D eigenvalue weighted by molar-refractivity contribution is 9.10. The van der Waals surface area contributed by atoms with Gasteiger partial charge in [-0.05, 0) is 23.3 Å². The third-order valence-corrected chi connectivity index (χ3v) is 3.70. The zero-order valence-electron chi connectivity index (χ0n) is 10.5. The normalized spacial score (nSPS) is 21.3. The van der Waals surface area contributed by atoms with Crippen molar-refractivity contribution in [1.29, 1.82) is 0 Å². The average molecular weight is 319 g/mol. The second-order valence-electron chi connectivity index (χ2n) is 4.65. The van der Waals surface area contributed by atoms with Gasteiger partial charge in [-0.3, -0.25) is 0 Å². The molecule has 0 amide bonds. The molecule has 19 heavy (non-hydrogen) atoms. The lowest BCUT2D eigenvalue weighted by atomic mass is 10.1. The van der Waals surface area contributed by atoms with Gasteiger partial charge in [0.25, 0.3) is 0 Å². The monoisotopic (exact) mass is 318 g/mol. The molecule has 2 nitrogen and oxygen atoms in total. The van der Waals surface area contributed by atoms with E-state index in [-0.39, 0.29) is 12.2 Å². The Morgan fingerprint density at radius 2 is 1.74 bits per heavy atom. The molecule has 0 spiro atoms. The van der Waals surface area contributed by atoms with Crippen LogP contribution < -0.4 is 0 Å². The number of halogens is 1. The SMILES string of the molecule is Brc1ccc([C@H]2O[C@H]2COCc2ccccc2)cc1. The molecule has 0 unspecified atom stereocenters. The van der Waals surface area contributed by atoms with Gasteiger partial charge < -0.3 is 9.47 Å². The number of benzene rings is 2. The van der Waals surface area contributed by atoms with Crippen molar-refractivity contribution in [3.8, 4) is 0 Å². The van der Waals surface area contributed by atoms with E-state index >= 15 is 0 Å². The number of epoxide rings is 1. The molecule has 1 aliphatic rings. The zero-order valence-corrected chi connectivity index (χ0v) is 12.0. The molecule has 1 heterocycles. The molecule has 0 N–H and O–H groups in total. The first kappa shape index (κ1) is 12.9. The van der Waals surface area contributed by atoms with Crippen molar-refractivity contribution in [2.75, 3.05) is 6.61 Å². The lowest BCUT2D eigenvalue weighted by Gasteiger charge is -2.02. The van der Waals surface area contributed by atoms with Crippen LogP contribution in [0, 0.1) is 0 Å². The Bertz CT molecular complexity index is 524. The average Bonchev–Trinajstić information content (AvgIpc) is 3.20. The predicted molar refractivity (Wildman–Crippen MR) is 77.9 cm³/mol. The summed E-state index contributed by atoms with van der Waals surface area (Å²) in [5.41, 5.74) is 2.42. The van der Waals surface area contributed by atoms with Crippen molar-refractivity contribution >= 4 is 15.9 Å². The lowest BCUT2D eigenvalue weighted by Crippen LogP contribution is -2.02. The molecule has 3 heteroatoms. The summed E-state index contributed by atoms with van der Waals surface area (Å²) in [5.74, 6) is 0. The number of rotatable bonds is 5. The van der Waals surface area contributed by atoms with E-state index < -0.39 is 0 Å². The Kier molecular flexibility index (Phi) is 3.97. The van der Waals surface area contributed by atoms with Crippen LogP contribution in [0.2, 0.25) is 0 Å². The Morgan fingerprint density at radius 3 is 2.47 bits per heavy atom. The molecule has 1 saturated heterocycles. The second kappa shape index (κ2) is 5.87. The minimum absolute atomic E-state index is 0.198. The summed E-state index contributed by atoms with van der Waals surface area (Å²) < 4.78 is 12.4. The summed E-state index contributed by atoms with van der Waals surface area (Å²) >= 11 is 3.43. The third kappa shape index (κ3) is 3.44. The van der Waals surface area contributed by atoms with Gasteiger partial charge in [0.15, 0.2) is 0 Å². The lowest BCUT2D eigenvalue weighted by molar-refractivity contribution is 0.104. The molecule has 2 atom stereocenters. The van der Waals surface area contributed by atoms with E-state index in [9.17, 15) is 0 Å². The van der Waals surface area contributed by atoms with Crippen LogP contribution in [-0.2, 0) is 16.1 Å². The Hall–Kier alpha value is -1.16. The third-order valence-electron chi connectivity index (χ3n) is 3.17. The summed E-state index contributed by atoms with van der Waals surface area (Å²) in [4.78, 5) is 0. The summed E-state index contributed by atoms with van der Waals surface area (Å²) in [7, 11) is 0. The van der Waals surface area contributed by atoms with E-state index in [0.29, 0.717) is 13.2 Å². The van der Waals surface area contributed by atoms with Crippen molar-refractivity contribution in [3.05, 3.63) is 70.2 Å². The van der Waals surface area contributed by atoms with Crippen molar-refractivity contribution in [1.82, 2.24) is 0 Å². The van der Waals surface area contributed by atoms with E-state index in [1.165, 1.54) is 11.1 Å². The molecule has 0 bridgehead atoms. The van der Waals surface area contributed by atoms with Crippen LogP contribution in [0.15, 0.2) is 59.1 Å². The first-order chi connectivity index (χ1) is 9.33.